The van der Waals surface area contributed by atoms with Crippen molar-refractivity contribution in [2.24, 2.45) is 0 Å². The molecule has 2 bridgehead atoms. The van der Waals surface area contributed by atoms with Crippen LogP contribution in [0.3, 0.4) is 0 Å². The van der Waals surface area contributed by atoms with Crippen LogP contribution in [-0.4, -0.2) is 22.8 Å². The minimum atomic E-state index is -4.30. The fourth-order valence-corrected chi connectivity index (χ4v) is 3.77. The van der Waals surface area contributed by atoms with Crippen molar-refractivity contribution in [1.29, 1.82) is 0 Å². The third-order valence-corrected chi connectivity index (χ3v) is 4.64. The highest BCUT2D eigenvalue weighted by atomic mass is 19.4. The first-order valence-corrected chi connectivity index (χ1v) is 7.49. The number of benzene rings is 1. The molecular weight excluding hydrogens is 279 g/mol. The molecule has 2 aliphatic heterocycles. The Bertz CT molecular complexity index is 485. The summed E-state index contributed by atoms with van der Waals surface area (Å²) in [6.45, 7) is 0. The van der Waals surface area contributed by atoms with Gasteiger partial charge in [0, 0.05) is 18.5 Å². The van der Waals surface area contributed by atoms with E-state index in [1.54, 1.807) is 0 Å². The van der Waals surface area contributed by atoms with Gasteiger partial charge in [0.2, 0.25) is 0 Å². The molecule has 0 spiro atoms. The summed E-state index contributed by atoms with van der Waals surface area (Å²) in [6, 6.07) is 5.85. The standard InChI is InChI=1S/C16H20F3NO/c17-16(18,19)12-6-4-11(5-7-12)8-15(21)9-13-2-1-3-14(10-15)20-13/h4-7,13-14,20-21H,1-3,8-10H2. The molecule has 2 nitrogen and oxygen atoms in total. The van der Waals surface area contributed by atoms with E-state index in [-0.39, 0.29) is 0 Å². The molecule has 2 aliphatic rings. The van der Waals surface area contributed by atoms with Crippen molar-refractivity contribution in [3.63, 3.8) is 0 Å². The quantitative estimate of drug-likeness (QED) is 0.878. The highest BCUT2D eigenvalue weighted by Gasteiger charge is 2.40. The Balaban J connectivity index is 1.71. The van der Waals surface area contributed by atoms with E-state index in [2.05, 4.69) is 5.32 Å². The lowest BCUT2D eigenvalue weighted by Gasteiger charge is -2.45. The molecule has 1 aromatic carbocycles. The molecule has 2 saturated heterocycles. The van der Waals surface area contributed by atoms with Crippen LogP contribution in [0.5, 0.6) is 0 Å². The summed E-state index contributed by atoms with van der Waals surface area (Å²) < 4.78 is 37.7. The van der Waals surface area contributed by atoms with Gasteiger partial charge >= 0.3 is 6.18 Å². The maximum atomic E-state index is 12.6. The summed E-state index contributed by atoms with van der Waals surface area (Å²) in [5.74, 6) is 0. The number of halogens is 3. The van der Waals surface area contributed by atoms with Crippen molar-refractivity contribution >= 4 is 0 Å². The Morgan fingerprint density at radius 1 is 1.10 bits per heavy atom. The Hall–Kier alpha value is -1.07. The van der Waals surface area contributed by atoms with Gasteiger partial charge in [-0.05, 0) is 43.4 Å². The summed E-state index contributed by atoms with van der Waals surface area (Å²) in [6.07, 6.45) is 0.840. The molecule has 2 atom stereocenters. The largest absolute Gasteiger partial charge is 0.416 e. The number of fused-ring (bicyclic) bond motifs is 2. The smallest absolute Gasteiger partial charge is 0.389 e. The number of piperidine rings is 2. The zero-order chi connectivity index (χ0) is 15.1. The number of aliphatic hydroxyl groups is 1. The molecule has 0 radical (unpaired) electrons. The van der Waals surface area contributed by atoms with Crippen LogP contribution in [0.4, 0.5) is 13.2 Å². The minimum Gasteiger partial charge on any atom is -0.389 e. The topological polar surface area (TPSA) is 32.3 Å². The van der Waals surface area contributed by atoms with Crippen LogP contribution in [0.1, 0.15) is 43.2 Å². The fraction of sp³-hybridized carbons (Fsp3) is 0.625. The van der Waals surface area contributed by atoms with E-state index < -0.39 is 17.3 Å². The van der Waals surface area contributed by atoms with Crippen molar-refractivity contribution in [2.75, 3.05) is 0 Å². The van der Waals surface area contributed by atoms with Gasteiger partial charge in [-0.25, -0.2) is 0 Å². The van der Waals surface area contributed by atoms with Gasteiger partial charge in [-0.2, -0.15) is 13.2 Å². The van der Waals surface area contributed by atoms with E-state index in [0.29, 0.717) is 31.3 Å². The van der Waals surface area contributed by atoms with Crippen molar-refractivity contribution < 1.29 is 18.3 Å². The molecular formula is C16H20F3NO. The first-order valence-electron chi connectivity index (χ1n) is 7.49. The second kappa shape index (κ2) is 5.29. The van der Waals surface area contributed by atoms with Crippen LogP contribution in [0.15, 0.2) is 24.3 Å². The molecule has 0 saturated carbocycles. The lowest BCUT2D eigenvalue weighted by Crippen LogP contribution is -2.56. The normalized spacial score (nSPS) is 33.0. The monoisotopic (exact) mass is 299 g/mol. The summed E-state index contributed by atoms with van der Waals surface area (Å²) in [5, 5.41) is 14.3. The van der Waals surface area contributed by atoms with Crippen molar-refractivity contribution in [3.8, 4) is 0 Å². The minimum absolute atomic E-state index is 0.344. The van der Waals surface area contributed by atoms with Crippen LogP contribution in [0.2, 0.25) is 0 Å². The van der Waals surface area contributed by atoms with Gasteiger partial charge < -0.3 is 10.4 Å². The molecule has 0 aliphatic carbocycles. The first kappa shape index (κ1) is 14.9. The second-order valence-corrected chi connectivity index (χ2v) is 6.50. The third kappa shape index (κ3) is 3.40. The number of alkyl halides is 3. The number of hydrogen-bond acceptors (Lipinski definition) is 2. The summed E-state index contributed by atoms with van der Waals surface area (Å²) in [5.41, 5.74) is -0.660. The van der Waals surface area contributed by atoms with Gasteiger partial charge in [0.05, 0.1) is 11.2 Å². The predicted octanol–water partition coefficient (Wildman–Crippen LogP) is 3.28. The van der Waals surface area contributed by atoms with Gasteiger partial charge in [0.15, 0.2) is 0 Å². The van der Waals surface area contributed by atoms with Gasteiger partial charge in [-0.3, -0.25) is 0 Å². The Labute approximate surface area is 122 Å². The van der Waals surface area contributed by atoms with Crippen LogP contribution in [0.25, 0.3) is 0 Å². The van der Waals surface area contributed by atoms with E-state index >= 15 is 0 Å². The van der Waals surface area contributed by atoms with Gasteiger partial charge in [-0.1, -0.05) is 18.6 Å². The Morgan fingerprint density at radius 2 is 1.67 bits per heavy atom. The second-order valence-electron chi connectivity index (χ2n) is 6.50. The molecule has 5 heteroatoms. The van der Waals surface area contributed by atoms with E-state index in [1.807, 2.05) is 0 Å². The average molecular weight is 299 g/mol. The zero-order valence-corrected chi connectivity index (χ0v) is 11.8. The maximum Gasteiger partial charge on any atom is 0.416 e. The lowest BCUT2D eigenvalue weighted by atomic mass is 9.74. The number of nitrogens with one attached hydrogen (secondary N) is 1. The SMILES string of the molecule is OC1(Cc2ccc(C(F)(F)F)cc2)CC2CCCC(C1)N2. The Morgan fingerprint density at radius 3 is 2.19 bits per heavy atom. The highest BCUT2D eigenvalue weighted by molar-refractivity contribution is 5.26. The van der Waals surface area contributed by atoms with E-state index in [1.165, 1.54) is 18.6 Å². The lowest BCUT2D eigenvalue weighted by molar-refractivity contribution is -0.137. The predicted molar refractivity (Wildman–Crippen MR) is 73.9 cm³/mol. The molecule has 1 aromatic rings. The maximum absolute atomic E-state index is 12.6. The van der Waals surface area contributed by atoms with Gasteiger partial charge in [0.1, 0.15) is 0 Å². The van der Waals surface area contributed by atoms with E-state index in [4.69, 9.17) is 0 Å². The van der Waals surface area contributed by atoms with Crippen LogP contribution >= 0.6 is 0 Å². The summed E-state index contributed by atoms with van der Waals surface area (Å²) in [7, 11) is 0. The summed E-state index contributed by atoms with van der Waals surface area (Å²) >= 11 is 0. The molecule has 0 amide bonds. The van der Waals surface area contributed by atoms with Crippen LogP contribution < -0.4 is 5.32 Å². The van der Waals surface area contributed by atoms with Crippen LogP contribution in [-0.2, 0) is 12.6 Å². The molecule has 2 heterocycles. The number of rotatable bonds is 2. The molecule has 2 unspecified atom stereocenters. The van der Waals surface area contributed by atoms with Gasteiger partial charge in [0.25, 0.3) is 0 Å². The van der Waals surface area contributed by atoms with Crippen molar-refractivity contribution in [1.82, 2.24) is 5.32 Å². The third-order valence-electron chi connectivity index (χ3n) is 4.64. The average Bonchev–Trinajstić information content (AvgIpc) is 2.37. The first-order chi connectivity index (χ1) is 9.84. The zero-order valence-electron chi connectivity index (χ0n) is 11.8. The van der Waals surface area contributed by atoms with Gasteiger partial charge in [-0.15, -0.1) is 0 Å². The molecule has 2 fully saturated rings. The molecule has 3 rings (SSSR count). The fourth-order valence-electron chi connectivity index (χ4n) is 3.77. The molecule has 0 aromatic heterocycles. The van der Waals surface area contributed by atoms with Crippen molar-refractivity contribution in [2.45, 2.75) is 62.4 Å². The molecule has 116 valence electrons. The molecule has 21 heavy (non-hydrogen) atoms. The van der Waals surface area contributed by atoms with E-state index in [0.717, 1.165) is 30.5 Å². The van der Waals surface area contributed by atoms with E-state index in [9.17, 15) is 18.3 Å². The molecule has 2 N–H and O–H groups in total. The van der Waals surface area contributed by atoms with Crippen LogP contribution in [0, 0.1) is 0 Å². The number of hydrogen-bond donors (Lipinski definition) is 2. The summed E-state index contributed by atoms with van der Waals surface area (Å²) in [4.78, 5) is 0. The highest BCUT2D eigenvalue weighted by Crippen LogP contribution is 2.35. The Kier molecular flexibility index (Phi) is 3.74. The van der Waals surface area contributed by atoms with Crippen molar-refractivity contribution in [3.05, 3.63) is 35.4 Å².